The summed E-state index contributed by atoms with van der Waals surface area (Å²) in [5, 5.41) is 12.3. The van der Waals surface area contributed by atoms with Crippen molar-refractivity contribution in [2.75, 3.05) is 7.11 Å². The van der Waals surface area contributed by atoms with E-state index in [0.29, 0.717) is 0 Å². The molecule has 0 radical (unpaired) electrons. The van der Waals surface area contributed by atoms with Gasteiger partial charge >= 0.3 is 0 Å². The number of aliphatic hydroxyl groups is 1. The molecule has 3 N–H and O–H groups in total. The molecule has 0 fully saturated rings. The second-order valence-electron chi connectivity index (χ2n) is 4.49. The van der Waals surface area contributed by atoms with E-state index in [2.05, 4.69) is 0 Å². The van der Waals surface area contributed by atoms with Crippen molar-refractivity contribution in [1.29, 1.82) is 0 Å². The number of nitrogens with two attached hydrogens (primary N) is 1. The first-order chi connectivity index (χ1) is 8.65. The number of methoxy groups -OCH3 is 1. The Bertz CT molecular complexity index is 539. The molecule has 2 atom stereocenters. The summed E-state index contributed by atoms with van der Waals surface area (Å²) in [5.74, 6) is 0.834. The summed E-state index contributed by atoms with van der Waals surface area (Å²) in [4.78, 5) is 0. The standard InChI is InChI=1S/C15H19NO2/c1-3-14(16)15(17)12-5-4-11-9-13(18-2)7-6-10(11)8-12/h4-9,14-15,17H,3,16H2,1-2H3. The summed E-state index contributed by atoms with van der Waals surface area (Å²) >= 11 is 0. The third-order valence-corrected chi connectivity index (χ3v) is 3.29. The van der Waals surface area contributed by atoms with Gasteiger partial charge in [-0.05, 0) is 41.0 Å². The van der Waals surface area contributed by atoms with Crippen LogP contribution in [0.5, 0.6) is 5.75 Å². The normalized spacial score (nSPS) is 14.4. The molecule has 18 heavy (non-hydrogen) atoms. The molecule has 3 nitrogen and oxygen atoms in total. The van der Waals surface area contributed by atoms with E-state index in [0.717, 1.165) is 28.5 Å². The second-order valence-corrected chi connectivity index (χ2v) is 4.49. The summed E-state index contributed by atoms with van der Waals surface area (Å²) in [6.45, 7) is 1.97. The molecular formula is C15H19NO2. The highest BCUT2D eigenvalue weighted by Crippen LogP contribution is 2.25. The minimum Gasteiger partial charge on any atom is -0.497 e. The van der Waals surface area contributed by atoms with Crippen molar-refractivity contribution in [1.82, 2.24) is 0 Å². The Labute approximate surface area is 107 Å². The van der Waals surface area contributed by atoms with Crippen LogP contribution >= 0.6 is 0 Å². The van der Waals surface area contributed by atoms with E-state index < -0.39 is 6.10 Å². The van der Waals surface area contributed by atoms with Gasteiger partial charge in [-0.3, -0.25) is 0 Å². The lowest BCUT2D eigenvalue weighted by molar-refractivity contribution is 0.144. The van der Waals surface area contributed by atoms with Crippen LogP contribution in [0.25, 0.3) is 10.8 Å². The Balaban J connectivity index is 2.38. The predicted molar refractivity (Wildman–Crippen MR) is 73.7 cm³/mol. The van der Waals surface area contributed by atoms with Crippen molar-refractivity contribution in [3.63, 3.8) is 0 Å². The van der Waals surface area contributed by atoms with Crippen LogP contribution in [-0.4, -0.2) is 18.3 Å². The molecule has 0 saturated carbocycles. The average molecular weight is 245 g/mol. The number of aliphatic hydroxyl groups excluding tert-OH is 1. The first-order valence-electron chi connectivity index (χ1n) is 6.17. The van der Waals surface area contributed by atoms with E-state index in [-0.39, 0.29) is 6.04 Å². The molecule has 2 unspecified atom stereocenters. The highest BCUT2D eigenvalue weighted by Gasteiger charge is 2.15. The van der Waals surface area contributed by atoms with Gasteiger partial charge in [-0.25, -0.2) is 0 Å². The van der Waals surface area contributed by atoms with Crippen LogP contribution in [0.3, 0.4) is 0 Å². The van der Waals surface area contributed by atoms with Crippen LogP contribution in [0, 0.1) is 0 Å². The Morgan fingerprint density at radius 1 is 1.17 bits per heavy atom. The Morgan fingerprint density at radius 2 is 1.83 bits per heavy atom. The van der Waals surface area contributed by atoms with Gasteiger partial charge in [-0.1, -0.05) is 25.1 Å². The summed E-state index contributed by atoms with van der Waals surface area (Å²) < 4.78 is 5.19. The highest BCUT2D eigenvalue weighted by molar-refractivity contribution is 5.84. The van der Waals surface area contributed by atoms with Crippen LogP contribution in [0.2, 0.25) is 0 Å². The molecule has 0 aromatic heterocycles. The fraction of sp³-hybridized carbons (Fsp3) is 0.333. The zero-order valence-corrected chi connectivity index (χ0v) is 10.8. The monoisotopic (exact) mass is 245 g/mol. The lowest BCUT2D eigenvalue weighted by Gasteiger charge is -2.18. The Kier molecular flexibility index (Phi) is 3.84. The number of ether oxygens (including phenoxy) is 1. The first-order valence-corrected chi connectivity index (χ1v) is 6.17. The number of hydrogen-bond acceptors (Lipinski definition) is 3. The fourth-order valence-electron chi connectivity index (χ4n) is 2.02. The zero-order chi connectivity index (χ0) is 13.1. The fourth-order valence-corrected chi connectivity index (χ4v) is 2.02. The smallest absolute Gasteiger partial charge is 0.119 e. The van der Waals surface area contributed by atoms with Crippen LogP contribution in [-0.2, 0) is 0 Å². The Morgan fingerprint density at radius 3 is 2.50 bits per heavy atom. The van der Waals surface area contributed by atoms with Crippen molar-refractivity contribution in [3.05, 3.63) is 42.0 Å². The molecule has 0 heterocycles. The molecule has 0 saturated heterocycles. The molecule has 0 bridgehead atoms. The van der Waals surface area contributed by atoms with E-state index in [9.17, 15) is 5.11 Å². The third-order valence-electron chi connectivity index (χ3n) is 3.29. The third kappa shape index (κ3) is 2.47. The topological polar surface area (TPSA) is 55.5 Å². The lowest BCUT2D eigenvalue weighted by Crippen LogP contribution is -2.27. The number of rotatable bonds is 4. The molecule has 2 aromatic carbocycles. The first kappa shape index (κ1) is 12.9. The van der Waals surface area contributed by atoms with Crippen LogP contribution in [0.4, 0.5) is 0 Å². The largest absolute Gasteiger partial charge is 0.497 e. The molecule has 0 aliphatic rings. The van der Waals surface area contributed by atoms with Gasteiger partial charge in [0.15, 0.2) is 0 Å². The maximum atomic E-state index is 10.1. The molecule has 0 spiro atoms. The van der Waals surface area contributed by atoms with Crippen molar-refractivity contribution in [2.24, 2.45) is 5.73 Å². The molecule has 0 amide bonds. The van der Waals surface area contributed by atoms with Crippen molar-refractivity contribution >= 4 is 10.8 Å². The van der Waals surface area contributed by atoms with E-state index in [1.54, 1.807) is 7.11 Å². The molecule has 2 aromatic rings. The molecule has 3 heteroatoms. The van der Waals surface area contributed by atoms with E-state index >= 15 is 0 Å². The molecule has 2 rings (SSSR count). The van der Waals surface area contributed by atoms with Crippen molar-refractivity contribution in [3.8, 4) is 5.75 Å². The van der Waals surface area contributed by atoms with Crippen LogP contribution < -0.4 is 10.5 Å². The van der Waals surface area contributed by atoms with E-state index in [4.69, 9.17) is 10.5 Å². The van der Waals surface area contributed by atoms with Crippen LogP contribution in [0.15, 0.2) is 36.4 Å². The van der Waals surface area contributed by atoms with Gasteiger partial charge in [-0.2, -0.15) is 0 Å². The summed E-state index contributed by atoms with van der Waals surface area (Å²) in [6.07, 6.45) is 0.142. The zero-order valence-electron chi connectivity index (χ0n) is 10.8. The minimum absolute atomic E-state index is 0.222. The van der Waals surface area contributed by atoms with E-state index in [1.165, 1.54) is 0 Å². The van der Waals surface area contributed by atoms with Gasteiger partial charge in [0.05, 0.1) is 13.2 Å². The maximum Gasteiger partial charge on any atom is 0.119 e. The van der Waals surface area contributed by atoms with Gasteiger partial charge in [0.25, 0.3) is 0 Å². The van der Waals surface area contributed by atoms with Crippen LogP contribution in [0.1, 0.15) is 25.0 Å². The Hall–Kier alpha value is -1.58. The second kappa shape index (κ2) is 5.38. The highest BCUT2D eigenvalue weighted by atomic mass is 16.5. The molecular weight excluding hydrogens is 226 g/mol. The van der Waals surface area contributed by atoms with Crippen molar-refractivity contribution < 1.29 is 9.84 Å². The SMILES string of the molecule is CCC(N)C(O)c1ccc2cc(OC)ccc2c1. The van der Waals surface area contributed by atoms with Gasteiger partial charge in [0.1, 0.15) is 5.75 Å². The number of hydrogen-bond donors (Lipinski definition) is 2. The maximum absolute atomic E-state index is 10.1. The van der Waals surface area contributed by atoms with Gasteiger partial charge in [0.2, 0.25) is 0 Å². The predicted octanol–water partition coefficient (Wildman–Crippen LogP) is 2.62. The number of fused-ring (bicyclic) bond motifs is 1. The van der Waals surface area contributed by atoms with Crippen molar-refractivity contribution in [2.45, 2.75) is 25.5 Å². The molecule has 0 aliphatic carbocycles. The minimum atomic E-state index is -0.610. The molecule has 96 valence electrons. The van der Waals surface area contributed by atoms with Gasteiger partial charge in [0, 0.05) is 6.04 Å². The summed E-state index contributed by atoms with van der Waals surface area (Å²) in [6, 6.07) is 11.5. The lowest BCUT2D eigenvalue weighted by atomic mass is 9.98. The van der Waals surface area contributed by atoms with Gasteiger partial charge < -0.3 is 15.6 Å². The van der Waals surface area contributed by atoms with Gasteiger partial charge in [-0.15, -0.1) is 0 Å². The summed E-state index contributed by atoms with van der Waals surface area (Å²) in [7, 11) is 1.65. The average Bonchev–Trinajstić information content (AvgIpc) is 2.44. The van der Waals surface area contributed by atoms with E-state index in [1.807, 2.05) is 43.3 Å². The number of benzene rings is 2. The summed E-state index contributed by atoms with van der Waals surface area (Å²) in [5.41, 5.74) is 6.73. The molecule has 0 aliphatic heterocycles. The quantitative estimate of drug-likeness (QED) is 0.870.